The van der Waals surface area contributed by atoms with E-state index in [-0.39, 0.29) is 6.10 Å². The van der Waals surface area contributed by atoms with Crippen molar-refractivity contribution >= 4 is 46.2 Å². The summed E-state index contributed by atoms with van der Waals surface area (Å²) in [6, 6.07) is 7.71. The molecule has 0 spiro atoms. The first-order chi connectivity index (χ1) is 15.2. The number of nitrogens with zero attached hydrogens (tertiary/aromatic N) is 6. The standard InChI is InChI=1S/C21H21N7O2S/c1-14-10-27(7-9-30-14)21-25-19(24-16-4-2-15(3-5-16)6-8-29)18-20(26-21)28(12-22-18)17-11-31-13-23-17/h2-5,8,11-14H,6-7,9-10H2,1H3,(H,24,25,26). The van der Waals surface area contributed by atoms with Gasteiger partial charge >= 0.3 is 0 Å². The SMILES string of the molecule is CC1CN(c2nc(Nc3ccc(CC=O)cc3)c3ncn(-c4cscn4)c3n2)CCO1. The van der Waals surface area contributed by atoms with E-state index >= 15 is 0 Å². The molecule has 5 rings (SSSR count). The van der Waals surface area contributed by atoms with Crippen molar-refractivity contribution in [2.45, 2.75) is 19.4 Å². The third-order valence-corrected chi connectivity index (χ3v) is 5.68. The van der Waals surface area contributed by atoms with E-state index < -0.39 is 0 Å². The Morgan fingerprint density at radius 3 is 2.87 bits per heavy atom. The molecule has 158 valence electrons. The fraction of sp³-hybridized carbons (Fsp3) is 0.286. The van der Waals surface area contributed by atoms with Gasteiger partial charge in [-0.1, -0.05) is 12.1 Å². The van der Waals surface area contributed by atoms with Gasteiger partial charge in [-0.15, -0.1) is 11.3 Å². The van der Waals surface area contributed by atoms with Gasteiger partial charge in [-0.2, -0.15) is 9.97 Å². The van der Waals surface area contributed by atoms with Crippen LogP contribution in [0.15, 0.2) is 41.5 Å². The Labute approximate surface area is 182 Å². The molecule has 1 atom stereocenters. The fourth-order valence-electron chi connectivity index (χ4n) is 3.57. The number of carbonyl (C=O) groups is 1. The summed E-state index contributed by atoms with van der Waals surface area (Å²) in [5.74, 6) is 2.02. The number of carbonyl (C=O) groups excluding carboxylic acids is 1. The zero-order chi connectivity index (χ0) is 21.2. The van der Waals surface area contributed by atoms with E-state index in [1.54, 1.807) is 11.8 Å². The van der Waals surface area contributed by atoms with Gasteiger partial charge in [0, 0.05) is 30.6 Å². The average Bonchev–Trinajstić information content (AvgIpc) is 3.45. The molecule has 1 fully saturated rings. The number of fused-ring (bicyclic) bond motifs is 1. The van der Waals surface area contributed by atoms with Crippen LogP contribution in [0, 0.1) is 0 Å². The summed E-state index contributed by atoms with van der Waals surface area (Å²) in [5, 5.41) is 5.33. The number of thiazole rings is 1. The Morgan fingerprint density at radius 1 is 1.26 bits per heavy atom. The van der Waals surface area contributed by atoms with Crippen LogP contribution in [0.1, 0.15) is 12.5 Å². The molecule has 1 aliphatic heterocycles. The maximum absolute atomic E-state index is 10.7. The van der Waals surface area contributed by atoms with Gasteiger partial charge in [0.05, 0.1) is 18.2 Å². The van der Waals surface area contributed by atoms with E-state index in [4.69, 9.17) is 14.7 Å². The van der Waals surface area contributed by atoms with Gasteiger partial charge in [-0.25, -0.2) is 9.97 Å². The molecule has 1 N–H and O–H groups in total. The molecule has 0 aliphatic carbocycles. The molecule has 1 aromatic carbocycles. The maximum Gasteiger partial charge on any atom is 0.229 e. The summed E-state index contributed by atoms with van der Waals surface area (Å²) in [6.45, 7) is 4.12. The van der Waals surface area contributed by atoms with Crippen LogP contribution in [0.2, 0.25) is 0 Å². The summed E-state index contributed by atoms with van der Waals surface area (Å²) in [4.78, 5) is 31.5. The second-order valence-electron chi connectivity index (χ2n) is 7.33. The minimum absolute atomic E-state index is 0.110. The number of ether oxygens (including phenoxy) is 1. The van der Waals surface area contributed by atoms with Crippen LogP contribution >= 0.6 is 11.3 Å². The second kappa shape index (κ2) is 8.40. The molecule has 1 unspecified atom stereocenters. The number of aldehydes is 1. The molecule has 1 aliphatic rings. The van der Waals surface area contributed by atoms with Gasteiger partial charge in [0.15, 0.2) is 22.8 Å². The normalized spacial score (nSPS) is 16.5. The maximum atomic E-state index is 10.7. The number of anilines is 3. The summed E-state index contributed by atoms with van der Waals surface area (Å²) in [7, 11) is 0. The molecular formula is C21H21N7O2S. The van der Waals surface area contributed by atoms with E-state index in [0.717, 1.165) is 36.4 Å². The zero-order valence-electron chi connectivity index (χ0n) is 16.9. The third-order valence-electron chi connectivity index (χ3n) is 5.11. The first-order valence-corrected chi connectivity index (χ1v) is 11.0. The lowest BCUT2D eigenvalue weighted by Gasteiger charge is -2.31. The molecule has 9 nitrogen and oxygen atoms in total. The van der Waals surface area contributed by atoms with Crippen LogP contribution in [0.3, 0.4) is 0 Å². The summed E-state index contributed by atoms with van der Waals surface area (Å²) in [5.41, 5.74) is 4.96. The number of hydrogen-bond donors (Lipinski definition) is 1. The van der Waals surface area contributed by atoms with Crippen LogP contribution in [0.5, 0.6) is 0 Å². The first kappa shape index (κ1) is 19.6. The predicted octanol–water partition coefficient (Wildman–Crippen LogP) is 2.98. The summed E-state index contributed by atoms with van der Waals surface area (Å²) >= 11 is 1.52. The van der Waals surface area contributed by atoms with E-state index in [0.29, 0.717) is 36.0 Å². The van der Waals surface area contributed by atoms with E-state index in [1.165, 1.54) is 11.3 Å². The smallest absolute Gasteiger partial charge is 0.229 e. The minimum Gasteiger partial charge on any atom is -0.375 e. The number of benzene rings is 1. The van der Waals surface area contributed by atoms with Gasteiger partial charge in [0.2, 0.25) is 5.95 Å². The molecule has 4 aromatic rings. The van der Waals surface area contributed by atoms with Crippen molar-refractivity contribution in [1.29, 1.82) is 0 Å². The predicted molar refractivity (Wildman–Crippen MR) is 119 cm³/mol. The van der Waals surface area contributed by atoms with Crippen molar-refractivity contribution in [2.75, 3.05) is 29.9 Å². The topological polar surface area (TPSA) is 98.1 Å². The second-order valence-corrected chi connectivity index (χ2v) is 8.04. The van der Waals surface area contributed by atoms with Crippen molar-refractivity contribution in [3.05, 3.63) is 47.0 Å². The monoisotopic (exact) mass is 435 g/mol. The van der Waals surface area contributed by atoms with Crippen LogP contribution in [-0.2, 0) is 16.0 Å². The van der Waals surface area contributed by atoms with Crippen LogP contribution < -0.4 is 10.2 Å². The van der Waals surface area contributed by atoms with Gasteiger partial charge in [-0.05, 0) is 24.6 Å². The van der Waals surface area contributed by atoms with Crippen molar-refractivity contribution in [1.82, 2.24) is 24.5 Å². The quantitative estimate of drug-likeness (QED) is 0.462. The van der Waals surface area contributed by atoms with Crippen molar-refractivity contribution in [2.24, 2.45) is 0 Å². The first-order valence-electron chi connectivity index (χ1n) is 10.0. The number of hydrogen-bond acceptors (Lipinski definition) is 9. The highest BCUT2D eigenvalue weighted by molar-refractivity contribution is 7.07. The Morgan fingerprint density at radius 2 is 2.13 bits per heavy atom. The molecule has 1 saturated heterocycles. The number of rotatable bonds is 6. The molecule has 31 heavy (non-hydrogen) atoms. The molecule has 4 heterocycles. The lowest BCUT2D eigenvalue weighted by Crippen LogP contribution is -2.42. The summed E-state index contributed by atoms with van der Waals surface area (Å²) in [6.07, 6.45) is 3.13. The number of imidazole rings is 1. The van der Waals surface area contributed by atoms with Gasteiger partial charge < -0.3 is 19.7 Å². The van der Waals surface area contributed by atoms with Gasteiger partial charge in [-0.3, -0.25) is 4.57 Å². The van der Waals surface area contributed by atoms with Gasteiger partial charge in [0.1, 0.15) is 12.6 Å². The Bertz CT molecular complexity index is 1190. The summed E-state index contributed by atoms with van der Waals surface area (Å²) < 4.78 is 7.55. The average molecular weight is 436 g/mol. The molecule has 0 saturated carbocycles. The zero-order valence-corrected chi connectivity index (χ0v) is 17.7. The highest BCUT2D eigenvalue weighted by Crippen LogP contribution is 2.28. The Kier molecular flexibility index (Phi) is 5.31. The highest BCUT2D eigenvalue weighted by atomic mass is 32.1. The lowest BCUT2D eigenvalue weighted by molar-refractivity contribution is -0.107. The van der Waals surface area contributed by atoms with E-state index in [2.05, 4.69) is 20.2 Å². The third kappa shape index (κ3) is 3.99. The number of morpholine rings is 1. The lowest BCUT2D eigenvalue weighted by atomic mass is 10.1. The van der Waals surface area contributed by atoms with Crippen LogP contribution in [0.4, 0.5) is 17.5 Å². The number of nitrogens with one attached hydrogen (secondary N) is 1. The largest absolute Gasteiger partial charge is 0.375 e. The minimum atomic E-state index is 0.110. The van der Waals surface area contributed by atoms with Crippen LogP contribution in [-0.4, -0.2) is 56.6 Å². The highest BCUT2D eigenvalue weighted by Gasteiger charge is 2.23. The van der Waals surface area contributed by atoms with Crippen molar-refractivity contribution in [3.8, 4) is 5.82 Å². The molecule has 10 heteroatoms. The van der Waals surface area contributed by atoms with E-state index in [1.807, 2.05) is 41.1 Å². The number of aromatic nitrogens is 5. The molecular weight excluding hydrogens is 414 g/mol. The van der Waals surface area contributed by atoms with Crippen LogP contribution in [0.25, 0.3) is 17.0 Å². The van der Waals surface area contributed by atoms with Crippen molar-refractivity contribution in [3.63, 3.8) is 0 Å². The van der Waals surface area contributed by atoms with Crippen molar-refractivity contribution < 1.29 is 9.53 Å². The fourth-order valence-corrected chi connectivity index (χ4v) is 4.09. The van der Waals surface area contributed by atoms with Gasteiger partial charge in [0.25, 0.3) is 0 Å². The Hall–Kier alpha value is -3.37. The molecule has 0 radical (unpaired) electrons. The molecule has 0 bridgehead atoms. The molecule has 0 amide bonds. The van der Waals surface area contributed by atoms with E-state index in [9.17, 15) is 4.79 Å². The Balaban J connectivity index is 1.57. The molecule has 3 aromatic heterocycles.